The van der Waals surface area contributed by atoms with Crippen LogP contribution in [0, 0.1) is 13.8 Å². The van der Waals surface area contributed by atoms with E-state index in [9.17, 15) is 4.79 Å². The van der Waals surface area contributed by atoms with Crippen LogP contribution in [0.2, 0.25) is 0 Å². The number of aryl methyl sites for hydroxylation is 2. The van der Waals surface area contributed by atoms with Crippen LogP contribution in [-0.4, -0.2) is 12.5 Å². The molecule has 3 aromatic rings. The van der Waals surface area contributed by atoms with Crippen molar-refractivity contribution in [2.24, 2.45) is 0 Å². The van der Waals surface area contributed by atoms with Gasteiger partial charge in [0.2, 0.25) is 0 Å². The fraction of sp³-hybridized carbons (Fsp3) is 0.174. The van der Waals surface area contributed by atoms with E-state index in [1.54, 1.807) is 0 Å². The largest absolute Gasteiger partial charge is 0.487 e. The van der Waals surface area contributed by atoms with Crippen molar-refractivity contribution in [3.8, 4) is 11.5 Å². The van der Waals surface area contributed by atoms with Gasteiger partial charge in [-0.05, 0) is 54.8 Å². The fourth-order valence-electron chi connectivity index (χ4n) is 2.78. The third-order valence-electron chi connectivity index (χ3n) is 3.96. The van der Waals surface area contributed by atoms with E-state index in [1.165, 1.54) is 0 Å². The minimum absolute atomic E-state index is 0.0596. The first-order valence-corrected chi connectivity index (χ1v) is 8.87. The van der Waals surface area contributed by atoms with Crippen LogP contribution in [0.1, 0.15) is 16.7 Å². The second-order valence-electron chi connectivity index (χ2n) is 6.43. The molecule has 0 saturated heterocycles. The Bertz CT molecular complexity index is 886. The molecule has 0 bridgehead atoms. The quantitative estimate of drug-likeness (QED) is 0.651. The van der Waals surface area contributed by atoms with Crippen LogP contribution in [0.4, 0.5) is 5.69 Å². The summed E-state index contributed by atoms with van der Waals surface area (Å²) in [5.74, 6) is 1.09. The smallest absolute Gasteiger partial charge is 0.262 e. The topological polar surface area (TPSA) is 47.6 Å². The first-order valence-electron chi connectivity index (χ1n) is 8.87. The fourth-order valence-corrected chi connectivity index (χ4v) is 2.78. The van der Waals surface area contributed by atoms with Crippen molar-refractivity contribution in [1.29, 1.82) is 0 Å². The van der Waals surface area contributed by atoms with Gasteiger partial charge in [0.15, 0.2) is 6.61 Å². The van der Waals surface area contributed by atoms with Crippen molar-refractivity contribution in [1.82, 2.24) is 0 Å². The second kappa shape index (κ2) is 8.90. The Labute approximate surface area is 159 Å². The van der Waals surface area contributed by atoms with E-state index in [0.29, 0.717) is 23.8 Å². The second-order valence-corrected chi connectivity index (χ2v) is 6.43. The third kappa shape index (κ3) is 5.61. The molecule has 0 radical (unpaired) electrons. The Morgan fingerprint density at radius 3 is 2.26 bits per heavy atom. The van der Waals surface area contributed by atoms with Gasteiger partial charge < -0.3 is 14.8 Å². The predicted molar refractivity (Wildman–Crippen MR) is 107 cm³/mol. The van der Waals surface area contributed by atoms with Crippen LogP contribution in [0.25, 0.3) is 0 Å². The van der Waals surface area contributed by atoms with Crippen LogP contribution >= 0.6 is 0 Å². The Morgan fingerprint density at radius 2 is 1.52 bits per heavy atom. The Hall–Kier alpha value is -3.27. The molecule has 0 aliphatic heterocycles. The highest BCUT2D eigenvalue weighted by atomic mass is 16.5. The van der Waals surface area contributed by atoms with Gasteiger partial charge in [0, 0.05) is 0 Å². The molecule has 0 aromatic heterocycles. The molecule has 0 aliphatic rings. The van der Waals surface area contributed by atoms with Gasteiger partial charge in [-0.1, -0.05) is 48.5 Å². The lowest BCUT2D eigenvalue weighted by atomic mass is 10.1. The molecule has 0 atom stereocenters. The highest BCUT2D eigenvalue weighted by Gasteiger charge is 2.09. The molecule has 0 fully saturated rings. The summed E-state index contributed by atoms with van der Waals surface area (Å²) in [6.45, 7) is 4.38. The van der Waals surface area contributed by atoms with E-state index in [1.807, 2.05) is 80.6 Å². The van der Waals surface area contributed by atoms with E-state index < -0.39 is 0 Å². The standard InChI is InChI=1S/C23H23NO3/c1-17-12-18(2)14-20(13-17)26-16-23(25)24-21-10-6-7-11-22(21)27-15-19-8-4-3-5-9-19/h3-14H,15-16H2,1-2H3,(H,24,25). The third-order valence-corrected chi connectivity index (χ3v) is 3.96. The number of nitrogens with one attached hydrogen (secondary N) is 1. The van der Waals surface area contributed by atoms with Gasteiger partial charge in [-0.3, -0.25) is 4.79 Å². The van der Waals surface area contributed by atoms with E-state index in [4.69, 9.17) is 9.47 Å². The summed E-state index contributed by atoms with van der Waals surface area (Å²) in [6, 6.07) is 23.2. The number of rotatable bonds is 7. The van der Waals surface area contributed by atoms with Gasteiger partial charge in [-0.25, -0.2) is 0 Å². The maximum Gasteiger partial charge on any atom is 0.262 e. The number of hydrogen-bond donors (Lipinski definition) is 1. The molecule has 3 aromatic carbocycles. The first kappa shape index (κ1) is 18.5. The number of benzene rings is 3. The molecule has 0 aliphatic carbocycles. The molecule has 0 unspecified atom stereocenters. The van der Waals surface area contributed by atoms with Crippen LogP contribution in [0.15, 0.2) is 72.8 Å². The maximum atomic E-state index is 12.3. The molecule has 138 valence electrons. The highest BCUT2D eigenvalue weighted by molar-refractivity contribution is 5.93. The zero-order chi connectivity index (χ0) is 19.1. The highest BCUT2D eigenvalue weighted by Crippen LogP contribution is 2.25. The Morgan fingerprint density at radius 1 is 0.852 bits per heavy atom. The average molecular weight is 361 g/mol. The summed E-state index contributed by atoms with van der Waals surface area (Å²) in [5, 5.41) is 2.86. The van der Waals surface area contributed by atoms with Crippen molar-refractivity contribution in [2.75, 3.05) is 11.9 Å². The SMILES string of the molecule is Cc1cc(C)cc(OCC(=O)Nc2ccccc2OCc2ccccc2)c1. The number of hydrogen-bond acceptors (Lipinski definition) is 3. The summed E-state index contributed by atoms with van der Waals surface area (Å²) >= 11 is 0. The molecular formula is C23H23NO3. The normalized spacial score (nSPS) is 10.3. The van der Waals surface area contributed by atoms with Gasteiger partial charge in [0.05, 0.1) is 5.69 Å². The molecule has 1 amide bonds. The van der Waals surface area contributed by atoms with Gasteiger partial charge in [-0.2, -0.15) is 0 Å². The number of amides is 1. The van der Waals surface area contributed by atoms with Crippen molar-refractivity contribution in [3.05, 3.63) is 89.5 Å². The zero-order valence-electron chi connectivity index (χ0n) is 15.6. The minimum Gasteiger partial charge on any atom is -0.487 e. The number of ether oxygens (including phenoxy) is 2. The number of para-hydroxylation sites is 2. The molecule has 4 heteroatoms. The van der Waals surface area contributed by atoms with Crippen LogP contribution < -0.4 is 14.8 Å². The van der Waals surface area contributed by atoms with Crippen LogP contribution in [0.3, 0.4) is 0 Å². The van der Waals surface area contributed by atoms with E-state index >= 15 is 0 Å². The number of carbonyl (C=O) groups is 1. The summed E-state index contributed by atoms with van der Waals surface area (Å²) in [4.78, 5) is 12.3. The van der Waals surface area contributed by atoms with E-state index in [2.05, 4.69) is 11.4 Å². The Balaban J connectivity index is 1.59. The molecule has 27 heavy (non-hydrogen) atoms. The van der Waals surface area contributed by atoms with Gasteiger partial charge in [0.1, 0.15) is 18.1 Å². The average Bonchev–Trinajstić information content (AvgIpc) is 2.66. The lowest BCUT2D eigenvalue weighted by Crippen LogP contribution is -2.20. The summed E-state index contributed by atoms with van der Waals surface area (Å²) in [7, 11) is 0. The molecule has 0 spiro atoms. The van der Waals surface area contributed by atoms with Gasteiger partial charge in [-0.15, -0.1) is 0 Å². The zero-order valence-corrected chi connectivity index (χ0v) is 15.6. The van der Waals surface area contributed by atoms with Crippen LogP contribution in [-0.2, 0) is 11.4 Å². The van der Waals surface area contributed by atoms with Gasteiger partial charge >= 0.3 is 0 Å². The molecule has 0 heterocycles. The molecule has 3 rings (SSSR count). The van der Waals surface area contributed by atoms with Crippen molar-refractivity contribution >= 4 is 11.6 Å². The monoisotopic (exact) mass is 361 g/mol. The van der Waals surface area contributed by atoms with Gasteiger partial charge in [0.25, 0.3) is 5.91 Å². The first-order chi connectivity index (χ1) is 13.1. The predicted octanol–water partition coefficient (Wildman–Crippen LogP) is 4.90. The maximum absolute atomic E-state index is 12.3. The molecule has 4 nitrogen and oxygen atoms in total. The lowest BCUT2D eigenvalue weighted by Gasteiger charge is -2.13. The lowest BCUT2D eigenvalue weighted by molar-refractivity contribution is -0.118. The molecule has 1 N–H and O–H groups in total. The van der Waals surface area contributed by atoms with Crippen LogP contribution in [0.5, 0.6) is 11.5 Å². The van der Waals surface area contributed by atoms with Crippen molar-refractivity contribution in [2.45, 2.75) is 20.5 Å². The number of anilines is 1. The van der Waals surface area contributed by atoms with E-state index in [0.717, 1.165) is 16.7 Å². The Kier molecular flexibility index (Phi) is 6.10. The summed E-state index contributed by atoms with van der Waals surface area (Å²) in [6.07, 6.45) is 0. The molecule has 0 saturated carbocycles. The minimum atomic E-state index is -0.232. The van der Waals surface area contributed by atoms with Crippen molar-refractivity contribution in [3.63, 3.8) is 0 Å². The number of carbonyl (C=O) groups excluding carboxylic acids is 1. The summed E-state index contributed by atoms with van der Waals surface area (Å²) in [5.41, 5.74) is 3.90. The molecular weight excluding hydrogens is 338 g/mol. The van der Waals surface area contributed by atoms with E-state index in [-0.39, 0.29) is 12.5 Å². The van der Waals surface area contributed by atoms with Crippen molar-refractivity contribution < 1.29 is 14.3 Å². The summed E-state index contributed by atoms with van der Waals surface area (Å²) < 4.78 is 11.5.